The molecule has 0 unspecified atom stereocenters. The van der Waals surface area contributed by atoms with Crippen LogP contribution in [0.5, 0.6) is 0 Å². The second kappa shape index (κ2) is 15.3. The van der Waals surface area contributed by atoms with E-state index in [1.807, 2.05) is 54.6 Å². The molecule has 2 fully saturated rings. The van der Waals surface area contributed by atoms with E-state index in [2.05, 4.69) is 52.9 Å². The molecular weight excluding hydrogens is 550 g/mol. The van der Waals surface area contributed by atoms with Gasteiger partial charge < -0.3 is 9.64 Å². The normalized spacial score (nSPS) is 16.5. The topological polar surface area (TPSA) is 59.6 Å². The fraction of sp³-hybridized carbons (Fsp3) is 0.444. The zero-order valence-corrected chi connectivity index (χ0v) is 26.5. The van der Waals surface area contributed by atoms with Gasteiger partial charge in [0, 0.05) is 70.0 Å². The molecule has 0 radical (unpaired) electrons. The van der Waals surface area contributed by atoms with Gasteiger partial charge in [-0.3, -0.25) is 14.6 Å². The van der Waals surface area contributed by atoms with Crippen molar-refractivity contribution in [3.8, 4) is 11.1 Å². The molecular formula is C36H47N5O3. The molecule has 3 aromatic rings. The van der Waals surface area contributed by atoms with Gasteiger partial charge in [-0.05, 0) is 56.0 Å². The van der Waals surface area contributed by atoms with Gasteiger partial charge in [-0.25, -0.2) is 14.8 Å². The lowest BCUT2D eigenvalue weighted by atomic mass is 10.0. The molecule has 5 rings (SSSR count). The van der Waals surface area contributed by atoms with Crippen LogP contribution in [0.25, 0.3) is 11.1 Å². The van der Waals surface area contributed by atoms with Crippen molar-refractivity contribution in [3.05, 3.63) is 90.0 Å². The number of ether oxygens (including phenoxy) is 1. The van der Waals surface area contributed by atoms with Crippen LogP contribution in [-0.2, 0) is 11.3 Å². The average Bonchev–Trinajstić information content (AvgIpc) is 3.06. The molecule has 2 aliphatic rings. The Bertz CT molecular complexity index is 1350. The summed E-state index contributed by atoms with van der Waals surface area (Å²) in [5.74, 6) is -0.0829. The molecule has 0 spiro atoms. The molecule has 2 saturated heterocycles. The molecule has 234 valence electrons. The van der Waals surface area contributed by atoms with Gasteiger partial charge in [-0.1, -0.05) is 67.1 Å². The number of benzene rings is 3. The quantitative estimate of drug-likeness (QED) is 0.286. The van der Waals surface area contributed by atoms with Gasteiger partial charge in [0.05, 0.1) is 12.2 Å². The first-order chi connectivity index (χ1) is 21.4. The van der Waals surface area contributed by atoms with Crippen LogP contribution in [0.2, 0.25) is 0 Å². The average molecular weight is 598 g/mol. The van der Waals surface area contributed by atoms with Gasteiger partial charge >= 0.3 is 6.09 Å². The molecule has 44 heavy (non-hydrogen) atoms. The third kappa shape index (κ3) is 8.05. The van der Waals surface area contributed by atoms with Crippen LogP contribution >= 0.6 is 0 Å². The summed E-state index contributed by atoms with van der Waals surface area (Å²) in [6.45, 7) is 11.7. The zero-order chi connectivity index (χ0) is 30.9. The summed E-state index contributed by atoms with van der Waals surface area (Å²) in [5, 5.41) is 3.79. The number of carbonyl (C=O) groups is 2. The van der Waals surface area contributed by atoms with E-state index in [0.29, 0.717) is 18.2 Å². The summed E-state index contributed by atoms with van der Waals surface area (Å²) >= 11 is 0. The van der Waals surface area contributed by atoms with Crippen molar-refractivity contribution in [2.75, 3.05) is 64.5 Å². The predicted octanol–water partition coefficient (Wildman–Crippen LogP) is 6.00. The lowest BCUT2D eigenvalue weighted by Crippen LogP contribution is -2.50. The van der Waals surface area contributed by atoms with Crippen molar-refractivity contribution < 1.29 is 14.3 Å². The van der Waals surface area contributed by atoms with Crippen LogP contribution < -0.4 is 5.01 Å². The molecule has 2 heterocycles. The van der Waals surface area contributed by atoms with Crippen molar-refractivity contribution >= 4 is 17.7 Å². The molecule has 2 aliphatic heterocycles. The van der Waals surface area contributed by atoms with Gasteiger partial charge in [0.1, 0.15) is 6.61 Å². The summed E-state index contributed by atoms with van der Waals surface area (Å²) in [4.78, 5) is 33.4. The number of para-hydroxylation sites is 1. The predicted molar refractivity (Wildman–Crippen MR) is 177 cm³/mol. The molecule has 0 bridgehead atoms. The minimum atomic E-state index is -0.422. The summed E-state index contributed by atoms with van der Waals surface area (Å²) in [6, 6.07) is 26.6. The van der Waals surface area contributed by atoms with E-state index >= 15 is 0 Å². The van der Waals surface area contributed by atoms with Crippen molar-refractivity contribution in [1.29, 1.82) is 0 Å². The number of likely N-dealkylation sites (N-methyl/N-ethyl adjacent to an activating group) is 1. The smallest absolute Gasteiger partial charge is 0.429 e. The van der Waals surface area contributed by atoms with Crippen LogP contribution in [0.4, 0.5) is 10.5 Å². The largest absolute Gasteiger partial charge is 0.446 e. The number of rotatable bonds is 10. The SMILES string of the molecule is CC(C)N1CCN(Cc2ccc(C(=O)N(C)CCOC(=O)N(c3ccccc3-c3ccccc3)N3CCCCC3)cc2)CC1. The van der Waals surface area contributed by atoms with E-state index in [1.165, 1.54) is 5.56 Å². The van der Waals surface area contributed by atoms with Gasteiger partial charge in [0.2, 0.25) is 0 Å². The Labute approximate surface area is 262 Å². The Hall–Kier alpha value is -3.72. The van der Waals surface area contributed by atoms with E-state index in [9.17, 15) is 9.59 Å². The number of hydrogen-bond acceptors (Lipinski definition) is 6. The molecule has 8 heteroatoms. The maximum absolute atomic E-state index is 13.7. The third-order valence-corrected chi connectivity index (χ3v) is 8.75. The van der Waals surface area contributed by atoms with E-state index in [4.69, 9.17) is 4.74 Å². The van der Waals surface area contributed by atoms with Gasteiger partial charge in [0.25, 0.3) is 5.91 Å². The number of anilines is 1. The summed E-state index contributed by atoms with van der Waals surface area (Å²) in [5.41, 5.74) is 4.67. The first-order valence-corrected chi connectivity index (χ1v) is 16.1. The molecule has 0 N–H and O–H groups in total. The lowest BCUT2D eigenvalue weighted by Gasteiger charge is -2.37. The molecule has 0 aliphatic carbocycles. The van der Waals surface area contributed by atoms with Gasteiger partial charge in [-0.15, -0.1) is 0 Å². The molecule has 2 amide bonds. The Kier molecular flexibility index (Phi) is 11.0. The first kappa shape index (κ1) is 31.7. The maximum atomic E-state index is 13.7. The minimum absolute atomic E-state index is 0.0829. The highest BCUT2D eigenvalue weighted by Gasteiger charge is 2.28. The number of nitrogens with zero attached hydrogens (tertiary/aromatic N) is 5. The Morgan fingerprint density at radius 3 is 2.14 bits per heavy atom. The number of hydrogen-bond donors (Lipinski definition) is 0. The third-order valence-electron chi connectivity index (χ3n) is 8.75. The Morgan fingerprint density at radius 2 is 1.45 bits per heavy atom. The lowest BCUT2D eigenvalue weighted by molar-refractivity contribution is 0.0733. The van der Waals surface area contributed by atoms with Crippen LogP contribution in [-0.4, -0.2) is 97.2 Å². The number of hydrazine groups is 1. The van der Waals surface area contributed by atoms with E-state index < -0.39 is 6.09 Å². The highest BCUT2D eigenvalue weighted by molar-refractivity contribution is 5.94. The van der Waals surface area contributed by atoms with Gasteiger partial charge in [0.15, 0.2) is 0 Å². The zero-order valence-electron chi connectivity index (χ0n) is 26.5. The minimum Gasteiger partial charge on any atom is -0.446 e. The van der Waals surface area contributed by atoms with Gasteiger partial charge in [-0.2, -0.15) is 0 Å². The van der Waals surface area contributed by atoms with Crippen molar-refractivity contribution in [2.24, 2.45) is 0 Å². The maximum Gasteiger partial charge on any atom is 0.429 e. The Balaban J connectivity index is 1.17. The van der Waals surface area contributed by atoms with Crippen LogP contribution in [0.1, 0.15) is 49.0 Å². The molecule has 3 aromatic carbocycles. The fourth-order valence-electron chi connectivity index (χ4n) is 6.07. The van der Waals surface area contributed by atoms with E-state index in [1.54, 1.807) is 17.0 Å². The first-order valence-electron chi connectivity index (χ1n) is 16.1. The fourth-order valence-corrected chi connectivity index (χ4v) is 6.07. The highest BCUT2D eigenvalue weighted by Crippen LogP contribution is 2.33. The monoisotopic (exact) mass is 597 g/mol. The number of carbonyl (C=O) groups excluding carboxylic acids is 2. The van der Waals surface area contributed by atoms with Crippen LogP contribution in [0.15, 0.2) is 78.9 Å². The van der Waals surface area contributed by atoms with E-state index in [-0.39, 0.29) is 12.5 Å². The molecule has 0 saturated carbocycles. The summed E-state index contributed by atoms with van der Waals surface area (Å²) in [6.07, 6.45) is 2.79. The number of piperazine rings is 1. The second-order valence-corrected chi connectivity index (χ2v) is 12.2. The number of amides is 2. The van der Waals surface area contributed by atoms with Crippen molar-refractivity contribution in [2.45, 2.75) is 45.7 Å². The molecule has 8 nitrogen and oxygen atoms in total. The standard InChI is InChI=1S/C36H47N5O3/c1-29(2)39-24-22-38(23-25-39)28-30-16-18-32(19-17-30)35(42)37(3)26-27-44-36(43)41(40-20-10-5-11-21-40)34-15-9-8-14-33(34)31-12-6-4-7-13-31/h4,6-9,12-19,29H,5,10-11,20-28H2,1-3H3. The number of piperidine rings is 1. The Morgan fingerprint density at radius 1 is 0.795 bits per heavy atom. The van der Waals surface area contributed by atoms with E-state index in [0.717, 1.165) is 81.9 Å². The van der Waals surface area contributed by atoms with Crippen LogP contribution in [0, 0.1) is 0 Å². The second-order valence-electron chi connectivity index (χ2n) is 12.2. The van der Waals surface area contributed by atoms with Crippen molar-refractivity contribution in [1.82, 2.24) is 19.7 Å². The highest BCUT2D eigenvalue weighted by atomic mass is 16.6. The summed E-state index contributed by atoms with van der Waals surface area (Å²) in [7, 11) is 1.76. The van der Waals surface area contributed by atoms with Crippen molar-refractivity contribution in [3.63, 3.8) is 0 Å². The molecule has 0 aromatic heterocycles. The van der Waals surface area contributed by atoms with Crippen LogP contribution in [0.3, 0.4) is 0 Å². The molecule has 0 atom stereocenters. The summed E-state index contributed by atoms with van der Waals surface area (Å²) < 4.78 is 5.83.